The number of anilines is 3. The highest BCUT2D eigenvalue weighted by Gasteiger charge is 2.27. The summed E-state index contributed by atoms with van der Waals surface area (Å²) < 4.78 is 0. The SMILES string of the molecule is Cc1ccc(N(c2ccc3cc4c(cc3c2)-c2cc3cc(-c5ccccc5)ccc3cc2-4)c2c(-c3ccccc3)ccc3c2CCCC3)cc1. The van der Waals surface area contributed by atoms with Crippen molar-refractivity contribution in [3.05, 3.63) is 174 Å². The van der Waals surface area contributed by atoms with Gasteiger partial charge in [-0.3, -0.25) is 0 Å². The molecule has 1 heteroatoms. The summed E-state index contributed by atoms with van der Waals surface area (Å²) >= 11 is 0. The van der Waals surface area contributed by atoms with E-state index < -0.39 is 0 Å². The molecule has 0 radical (unpaired) electrons. The highest BCUT2D eigenvalue weighted by molar-refractivity contribution is 6.12. The largest absolute Gasteiger partial charge is 0.310 e. The third-order valence-corrected chi connectivity index (χ3v) is 11.0. The first-order valence-corrected chi connectivity index (χ1v) is 18.0. The Morgan fingerprint density at radius 2 is 0.980 bits per heavy atom. The predicted octanol–water partition coefficient (Wildman–Crippen LogP) is 13.6. The van der Waals surface area contributed by atoms with Gasteiger partial charge >= 0.3 is 0 Å². The van der Waals surface area contributed by atoms with Crippen molar-refractivity contribution in [2.75, 3.05) is 4.90 Å². The van der Waals surface area contributed by atoms with E-state index in [1.165, 1.54) is 113 Å². The average molecular weight is 640 g/mol. The highest BCUT2D eigenvalue weighted by Crippen LogP contribution is 2.52. The third-order valence-electron chi connectivity index (χ3n) is 11.0. The fraction of sp³-hybridized carbons (Fsp3) is 0.102. The van der Waals surface area contributed by atoms with Gasteiger partial charge in [-0.25, -0.2) is 0 Å². The number of hydrogen-bond donors (Lipinski definition) is 0. The average Bonchev–Trinajstić information content (AvgIpc) is 3.18. The van der Waals surface area contributed by atoms with Gasteiger partial charge in [0.25, 0.3) is 0 Å². The van der Waals surface area contributed by atoms with E-state index in [0.29, 0.717) is 0 Å². The lowest BCUT2D eigenvalue weighted by atomic mass is 9.77. The van der Waals surface area contributed by atoms with Crippen LogP contribution in [0.3, 0.4) is 0 Å². The molecule has 2 aliphatic carbocycles. The van der Waals surface area contributed by atoms with Crippen molar-refractivity contribution in [1.82, 2.24) is 0 Å². The van der Waals surface area contributed by atoms with E-state index in [9.17, 15) is 0 Å². The Morgan fingerprint density at radius 1 is 0.400 bits per heavy atom. The zero-order valence-electron chi connectivity index (χ0n) is 28.3. The van der Waals surface area contributed by atoms with Crippen LogP contribution in [0.5, 0.6) is 0 Å². The molecule has 50 heavy (non-hydrogen) atoms. The molecule has 238 valence electrons. The molecular formula is C49H37N. The Hall–Kier alpha value is -5.92. The van der Waals surface area contributed by atoms with Gasteiger partial charge in [-0.1, -0.05) is 109 Å². The maximum absolute atomic E-state index is 2.54. The molecular weight excluding hydrogens is 603 g/mol. The molecule has 0 fully saturated rings. The minimum absolute atomic E-state index is 1.10. The maximum atomic E-state index is 2.54. The molecule has 2 aliphatic rings. The summed E-state index contributed by atoms with van der Waals surface area (Å²) in [6.07, 6.45) is 4.73. The smallest absolute Gasteiger partial charge is 0.0574 e. The van der Waals surface area contributed by atoms with Crippen molar-refractivity contribution in [3.8, 4) is 44.5 Å². The van der Waals surface area contributed by atoms with E-state index in [1.54, 1.807) is 0 Å². The maximum Gasteiger partial charge on any atom is 0.0574 e. The molecule has 0 unspecified atom stereocenters. The van der Waals surface area contributed by atoms with Gasteiger partial charge in [-0.15, -0.1) is 0 Å². The fourth-order valence-electron chi connectivity index (χ4n) is 8.38. The lowest BCUT2D eigenvalue weighted by Gasteiger charge is -2.33. The zero-order valence-corrected chi connectivity index (χ0v) is 28.3. The van der Waals surface area contributed by atoms with Crippen LogP contribution >= 0.6 is 0 Å². The van der Waals surface area contributed by atoms with E-state index in [0.717, 1.165) is 12.8 Å². The monoisotopic (exact) mass is 639 g/mol. The Balaban J connectivity index is 1.13. The standard InChI is InChI=1S/C49H37N/c1-32-16-22-41(23-17-32)50(49-43-15-9-8-14-35(43)21-25-44(49)34-12-6-3-7-13-34)42-24-20-38-29-46-45-28-37-19-18-36(33-10-4-2-5-11-33)26-39(37)30-47(45)48(46)31-40(38)27-42/h2-7,10-13,16-31H,8-9,14-15H2,1H3. The van der Waals surface area contributed by atoms with E-state index >= 15 is 0 Å². The summed E-state index contributed by atoms with van der Waals surface area (Å²) in [7, 11) is 0. The third kappa shape index (κ3) is 4.76. The molecule has 0 atom stereocenters. The molecule has 8 aromatic rings. The second kappa shape index (κ2) is 11.6. The summed E-state index contributed by atoms with van der Waals surface area (Å²) in [6.45, 7) is 2.17. The number of rotatable bonds is 5. The van der Waals surface area contributed by atoms with Crippen molar-refractivity contribution in [2.45, 2.75) is 32.6 Å². The predicted molar refractivity (Wildman–Crippen MR) is 213 cm³/mol. The molecule has 0 saturated carbocycles. The molecule has 0 spiro atoms. The van der Waals surface area contributed by atoms with Crippen LogP contribution in [-0.2, 0) is 12.8 Å². The topological polar surface area (TPSA) is 3.24 Å². The molecule has 8 aromatic carbocycles. The molecule has 0 amide bonds. The Labute approximate surface area is 294 Å². The molecule has 1 nitrogen and oxygen atoms in total. The summed E-state index contributed by atoms with van der Waals surface area (Å²) in [5.74, 6) is 0. The second-order valence-corrected chi connectivity index (χ2v) is 14.1. The van der Waals surface area contributed by atoms with E-state index in [2.05, 4.69) is 170 Å². The van der Waals surface area contributed by atoms with Gasteiger partial charge in [-0.2, -0.15) is 0 Å². The van der Waals surface area contributed by atoms with Gasteiger partial charge in [-0.05, 0) is 159 Å². The first-order chi connectivity index (χ1) is 24.7. The number of fused-ring (bicyclic) bond motifs is 7. The minimum Gasteiger partial charge on any atom is -0.310 e. The van der Waals surface area contributed by atoms with Crippen molar-refractivity contribution in [1.29, 1.82) is 0 Å². The van der Waals surface area contributed by atoms with E-state index in [1.807, 2.05) is 0 Å². The van der Waals surface area contributed by atoms with E-state index in [4.69, 9.17) is 0 Å². The van der Waals surface area contributed by atoms with Gasteiger partial charge < -0.3 is 4.90 Å². The number of nitrogens with zero attached hydrogens (tertiary/aromatic N) is 1. The van der Waals surface area contributed by atoms with Crippen LogP contribution in [0.15, 0.2) is 158 Å². The number of benzene rings is 8. The van der Waals surface area contributed by atoms with Crippen LogP contribution in [-0.4, -0.2) is 0 Å². The molecule has 0 saturated heterocycles. The number of hydrogen-bond acceptors (Lipinski definition) is 1. The first kappa shape index (κ1) is 29.0. The highest BCUT2D eigenvalue weighted by atomic mass is 15.1. The lowest BCUT2D eigenvalue weighted by molar-refractivity contribution is 0.686. The van der Waals surface area contributed by atoms with Crippen LogP contribution in [0, 0.1) is 6.92 Å². The van der Waals surface area contributed by atoms with Crippen LogP contribution in [0.25, 0.3) is 66.1 Å². The summed E-state index contributed by atoms with van der Waals surface area (Å²) in [5, 5.41) is 5.13. The van der Waals surface area contributed by atoms with Gasteiger partial charge in [0.2, 0.25) is 0 Å². The van der Waals surface area contributed by atoms with Crippen LogP contribution in [0.2, 0.25) is 0 Å². The Morgan fingerprint density at radius 3 is 1.68 bits per heavy atom. The Bertz CT molecular complexity index is 2580. The second-order valence-electron chi connectivity index (χ2n) is 14.1. The summed E-state index contributed by atoms with van der Waals surface area (Å²) in [6, 6.07) is 59.0. The minimum atomic E-state index is 1.10. The fourth-order valence-corrected chi connectivity index (χ4v) is 8.38. The summed E-state index contributed by atoms with van der Waals surface area (Å²) in [4.78, 5) is 2.54. The molecule has 0 aliphatic heterocycles. The number of aryl methyl sites for hydroxylation is 2. The van der Waals surface area contributed by atoms with Crippen molar-refractivity contribution in [3.63, 3.8) is 0 Å². The lowest BCUT2D eigenvalue weighted by Crippen LogP contribution is -2.16. The van der Waals surface area contributed by atoms with Crippen LogP contribution in [0.4, 0.5) is 17.1 Å². The molecule has 0 N–H and O–H groups in total. The molecule has 10 rings (SSSR count). The van der Waals surface area contributed by atoms with Gasteiger partial charge in [0.05, 0.1) is 5.69 Å². The van der Waals surface area contributed by atoms with Gasteiger partial charge in [0, 0.05) is 16.9 Å². The van der Waals surface area contributed by atoms with Crippen LogP contribution < -0.4 is 4.90 Å². The van der Waals surface area contributed by atoms with Gasteiger partial charge in [0.15, 0.2) is 0 Å². The molecule has 0 aromatic heterocycles. The molecule has 0 heterocycles. The first-order valence-electron chi connectivity index (χ1n) is 18.0. The zero-order chi connectivity index (χ0) is 33.2. The quantitative estimate of drug-likeness (QED) is 0.181. The van der Waals surface area contributed by atoms with Crippen molar-refractivity contribution < 1.29 is 0 Å². The van der Waals surface area contributed by atoms with Crippen molar-refractivity contribution in [2.24, 2.45) is 0 Å². The molecule has 0 bridgehead atoms. The van der Waals surface area contributed by atoms with Crippen molar-refractivity contribution >= 4 is 38.6 Å². The van der Waals surface area contributed by atoms with Crippen LogP contribution in [0.1, 0.15) is 29.5 Å². The van der Waals surface area contributed by atoms with E-state index in [-0.39, 0.29) is 0 Å². The normalized spacial score (nSPS) is 13.0. The summed E-state index contributed by atoms with van der Waals surface area (Å²) in [5.41, 5.74) is 18.4. The van der Waals surface area contributed by atoms with Gasteiger partial charge in [0.1, 0.15) is 0 Å². The Kier molecular flexibility index (Phi) is 6.74.